The van der Waals surface area contributed by atoms with Gasteiger partial charge in [-0.25, -0.2) is 9.18 Å². The maximum Gasteiger partial charge on any atom is 0.408 e. The van der Waals surface area contributed by atoms with Crippen LogP contribution in [-0.4, -0.2) is 36.0 Å². The number of amides is 1. The minimum absolute atomic E-state index is 0.0909. The fraction of sp³-hybridized carbons (Fsp3) is 0.474. The quantitative estimate of drug-likeness (QED) is 0.213. The lowest BCUT2D eigenvalue weighted by atomic mass is 9.94. The molecule has 3 aromatic carbocycles. The van der Waals surface area contributed by atoms with E-state index >= 15 is 4.39 Å². The highest BCUT2D eigenvalue weighted by atomic mass is 19.1. The van der Waals surface area contributed by atoms with Gasteiger partial charge in [-0.2, -0.15) is 0 Å². The lowest BCUT2D eigenvalue weighted by molar-refractivity contribution is -0.153. The fourth-order valence-electron chi connectivity index (χ4n) is 5.50. The Morgan fingerprint density at radius 3 is 2.37 bits per heavy atom. The van der Waals surface area contributed by atoms with Gasteiger partial charge in [0.15, 0.2) is 0 Å². The normalized spacial score (nSPS) is 15.7. The summed E-state index contributed by atoms with van der Waals surface area (Å²) in [6.45, 7) is 13.6. The molecule has 1 unspecified atom stereocenters. The molecule has 0 aromatic heterocycles. The summed E-state index contributed by atoms with van der Waals surface area (Å²) >= 11 is 0. The molecular formula is C38H48FNO6. The average Bonchev–Trinajstić information content (AvgIpc) is 3.47. The molecule has 0 bridgehead atoms. The van der Waals surface area contributed by atoms with E-state index in [1.807, 2.05) is 57.2 Å². The highest BCUT2D eigenvalue weighted by Crippen LogP contribution is 2.31. The molecule has 248 valence electrons. The number of hydrogen-bond donors (Lipinski definition) is 1. The molecule has 46 heavy (non-hydrogen) atoms. The fourth-order valence-corrected chi connectivity index (χ4v) is 5.50. The number of para-hydroxylation sites is 1. The summed E-state index contributed by atoms with van der Waals surface area (Å²) in [5, 5.41) is 2.75. The number of alkyl carbamates (subject to hydrolysis) is 1. The number of aryl methyl sites for hydroxylation is 1. The monoisotopic (exact) mass is 633 g/mol. The van der Waals surface area contributed by atoms with Gasteiger partial charge in [-0.3, -0.25) is 4.79 Å². The van der Waals surface area contributed by atoms with Gasteiger partial charge in [-0.05, 0) is 103 Å². The Morgan fingerprint density at radius 2 is 1.67 bits per heavy atom. The third-order valence-electron chi connectivity index (χ3n) is 7.49. The van der Waals surface area contributed by atoms with Gasteiger partial charge >= 0.3 is 12.1 Å². The van der Waals surface area contributed by atoms with Crippen LogP contribution in [0.2, 0.25) is 0 Å². The standard InChI is InChI=1S/C38H48FNO6/c1-25(40-36(42)46-38(5,6)7)31-14-10-15-32(35(31)39)29-21-26(17-18-30-13-11-19-43-30)20-27(22-29)24-44-33-16-9-8-12-28(33)23-34(41)45-37(2,3)4/h8-10,12,14-16,20-22,25,30H,11,13,17-19,23-24H2,1-7H3,(H,40,42)/t25-,30?/m1/s1. The Kier molecular flexibility index (Phi) is 11.5. The molecule has 1 heterocycles. The molecule has 4 rings (SSSR count). The number of hydrogen-bond acceptors (Lipinski definition) is 6. The van der Waals surface area contributed by atoms with Gasteiger partial charge < -0.3 is 24.3 Å². The summed E-state index contributed by atoms with van der Waals surface area (Å²) in [6, 6.07) is 18.1. The van der Waals surface area contributed by atoms with Gasteiger partial charge in [0.2, 0.25) is 0 Å². The summed E-state index contributed by atoms with van der Waals surface area (Å²) in [5.74, 6) is -0.139. The molecule has 2 atom stereocenters. The number of halogens is 1. The molecule has 0 radical (unpaired) electrons. The van der Waals surface area contributed by atoms with Crippen molar-refractivity contribution in [1.29, 1.82) is 0 Å². The number of ether oxygens (including phenoxy) is 4. The summed E-state index contributed by atoms with van der Waals surface area (Å²) < 4.78 is 39.2. The zero-order chi connectivity index (χ0) is 33.5. The van der Waals surface area contributed by atoms with Gasteiger partial charge in [0.1, 0.15) is 29.4 Å². The van der Waals surface area contributed by atoms with E-state index in [-0.39, 0.29) is 25.1 Å². The van der Waals surface area contributed by atoms with Crippen molar-refractivity contribution in [3.05, 3.63) is 88.7 Å². The van der Waals surface area contributed by atoms with Crippen LogP contribution in [0.4, 0.5) is 9.18 Å². The van der Waals surface area contributed by atoms with Gasteiger partial charge in [0.25, 0.3) is 0 Å². The first-order chi connectivity index (χ1) is 21.7. The predicted octanol–water partition coefficient (Wildman–Crippen LogP) is 8.65. The molecule has 7 nitrogen and oxygen atoms in total. The third-order valence-corrected chi connectivity index (χ3v) is 7.49. The molecular weight excluding hydrogens is 585 g/mol. The summed E-state index contributed by atoms with van der Waals surface area (Å²) in [4.78, 5) is 25.0. The maximum absolute atomic E-state index is 16.1. The minimum atomic E-state index is -0.664. The van der Waals surface area contributed by atoms with Gasteiger partial charge in [0, 0.05) is 23.3 Å². The molecule has 0 spiro atoms. The highest BCUT2D eigenvalue weighted by molar-refractivity contribution is 5.74. The van der Waals surface area contributed by atoms with Gasteiger partial charge in [-0.15, -0.1) is 0 Å². The Balaban J connectivity index is 1.59. The smallest absolute Gasteiger partial charge is 0.408 e. The van der Waals surface area contributed by atoms with Crippen molar-refractivity contribution in [2.24, 2.45) is 0 Å². The van der Waals surface area contributed by atoms with Crippen LogP contribution in [0.3, 0.4) is 0 Å². The van der Waals surface area contributed by atoms with E-state index in [9.17, 15) is 9.59 Å². The molecule has 1 fully saturated rings. The zero-order valence-electron chi connectivity index (χ0n) is 28.2. The molecule has 1 aliphatic rings. The number of carbonyl (C=O) groups is 2. The highest BCUT2D eigenvalue weighted by Gasteiger charge is 2.22. The van der Waals surface area contributed by atoms with Crippen LogP contribution in [0.1, 0.15) is 96.0 Å². The predicted molar refractivity (Wildman–Crippen MR) is 177 cm³/mol. The minimum Gasteiger partial charge on any atom is -0.489 e. The number of rotatable bonds is 11. The number of nitrogens with one attached hydrogen (secondary N) is 1. The number of esters is 1. The van der Waals surface area contributed by atoms with E-state index < -0.39 is 29.2 Å². The van der Waals surface area contributed by atoms with Gasteiger partial charge in [0.05, 0.1) is 18.6 Å². The first-order valence-corrected chi connectivity index (χ1v) is 16.1. The molecule has 0 aliphatic carbocycles. The lowest BCUT2D eigenvalue weighted by Gasteiger charge is -2.22. The van der Waals surface area contributed by atoms with E-state index in [0.717, 1.165) is 49.0 Å². The Bertz CT molecular complexity index is 1500. The zero-order valence-corrected chi connectivity index (χ0v) is 28.2. The molecule has 8 heteroatoms. The van der Waals surface area contributed by atoms with E-state index in [2.05, 4.69) is 11.4 Å². The summed E-state index contributed by atoms with van der Waals surface area (Å²) in [6.07, 6.45) is 3.48. The number of carbonyl (C=O) groups excluding carboxylic acids is 2. The first kappa shape index (κ1) is 35.0. The second-order valence-corrected chi connectivity index (χ2v) is 13.9. The van der Waals surface area contributed by atoms with Crippen LogP contribution in [0.25, 0.3) is 11.1 Å². The second-order valence-electron chi connectivity index (χ2n) is 13.9. The lowest BCUT2D eigenvalue weighted by Crippen LogP contribution is -2.34. The van der Waals surface area contributed by atoms with E-state index in [1.54, 1.807) is 45.9 Å². The summed E-state index contributed by atoms with van der Waals surface area (Å²) in [7, 11) is 0. The van der Waals surface area contributed by atoms with Crippen LogP contribution < -0.4 is 10.1 Å². The molecule has 0 saturated carbocycles. The van der Waals surface area contributed by atoms with Crippen LogP contribution in [0.5, 0.6) is 5.75 Å². The van der Waals surface area contributed by atoms with Gasteiger partial charge in [-0.1, -0.05) is 48.5 Å². The van der Waals surface area contributed by atoms with Crippen molar-refractivity contribution >= 4 is 12.1 Å². The van der Waals surface area contributed by atoms with Crippen LogP contribution in [0.15, 0.2) is 60.7 Å². The average molecular weight is 634 g/mol. The third kappa shape index (κ3) is 10.6. The van der Waals surface area contributed by atoms with Crippen molar-refractivity contribution in [2.45, 2.75) is 111 Å². The Hall–Kier alpha value is -3.91. The van der Waals surface area contributed by atoms with E-state index in [4.69, 9.17) is 18.9 Å². The van der Waals surface area contributed by atoms with Crippen molar-refractivity contribution in [1.82, 2.24) is 5.32 Å². The molecule has 3 aromatic rings. The van der Waals surface area contributed by atoms with Crippen molar-refractivity contribution in [3.8, 4) is 16.9 Å². The van der Waals surface area contributed by atoms with E-state index in [1.165, 1.54) is 0 Å². The topological polar surface area (TPSA) is 83.1 Å². The van der Waals surface area contributed by atoms with Crippen LogP contribution in [0, 0.1) is 5.82 Å². The number of benzene rings is 3. The Morgan fingerprint density at radius 1 is 0.957 bits per heavy atom. The first-order valence-electron chi connectivity index (χ1n) is 16.1. The van der Waals surface area contributed by atoms with Crippen molar-refractivity contribution in [3.63, 3.8) is 0 Å². The molecule has 1 aliphatic heterocycles. The SMILES string of the molecule is C[C@@H](NC(=O)OC(C)(C)C)c1cccc(-c2cc(CCC3CCCO3)cc(COc3ccccc3CC(=O)OC(C)(C)C)c2)c1F. The van der Waals surface area contributed by atoms with E-state index in [0.29, 0.717) is 22.4 Å². The summed E-state index contributed by atoms with van der Waals surface area (Å²) in [5.41, 5.74) is 2.93. The largest absolute Gasteiger partial charge is 0.489 e. The Labute approximate surface area is 272 Å². The van der Waals surface area contributed by atoms with Crippen LogP contribution in [-0.2, 0) is 38.5 Å². The van der Waals surface area contributed by atoms with Crippen LogP contribution >= 0.6 is 0 Å². The second kappa shape index (κ2) is 15.1. The maximum atomic E-state index is 16.1. The van der Waals surface area contributed by atoms with Crippen molar-refractivity contribution in [2.75, 3.05) is 6.61 Å². The van der Waals surface area contributed by atoms with Crippen molar-refractivity contribution < 1.29 is 32.9 Å². The molecule has 1 saturated heterocycles. The molecule has 1 N–H and O–H groups in total. The molecule has 1 amide bonds.